The number of aromatic nitrogens is 1. The van der Waals surface area contributed by atoms with Gasteiger partial charge in [0, 0.05) is 31.1 Å². The predicted octanol–water partition coefficient (Wildman–Crippen LogP) is 1.43. The van der Waals surface area contributed by atoms with Gasteiger partial charge in [0.2, 0.25) is 5.91 Å². The van der Waals surface area contributed by atoms with Crippen LogP contribution in [0.15, 0.2) is 30.7 Å². The van der Waals surface area contributed by atoms with Crippen molar-refractivity contribution in [3.05, 3.63) is 36.3 Å². The van der Waals surface area contributed by atoms with Crippen molar-refractivity contribution < 1.29 is 4.79 Å². The molecule has 0 bridgehead atoms. The normalized spacial score (nSPS) is 24.3. The molecular weight excluding hydrogens is 176 g/mol. The summed E-state index contributed by atoms with van der Waals surface area (Å²) in [5, 5.41) is 0. The van der Waals surface area contributed by atoms with Gasteiger partial charge < -0.3 is 4.90 Å². The van der Waals surface area contributed by atoms with E-state index in [-0.39, 0.29) is 5.91 Å². The topological polar surface area (TPSA) is 33.2 Å². The summed E-state index contributed by atoms with van der Waals surface area (Å²) in [6.07, 6.45) is 7.27. The first-order chi connectivity index (χ1) is 6.84. The van der Waals surface area contributed by atoms with Crippen LogP contribution in [-0.2, 0) is 4.79 Å². The second kappa shape index (κ2) is 2.67. The lowest BCUT2D eigenvalue weighted by molar-refractivity contribution is -0.140. The molecule has 2 aliphatic heterocycles. The van der Waals surface area contributed by atoms with E-state index >= 15 is 0 Å². The maximum atomic E-state index is 11.2. The van der Waals surface area contributed by atoms with Gasteiger partial charge in [0.25, 0.3) is 0 Å². The molecular formula is C11H10N2O. The van der Waals surface area contributed by atoms with Crippen LogP contribution in [0.1, 0.15) is 18.4 Å². The first-order valence-corrected chi connectivity index (χ1v) is 4.77. The maximum absolute atomic E-state index is 11.2. The van der Waals surface area contributed by atoms with Gasteiger partial charge in [0.05, 0.1) is 0 Å². The van der Waals surface area contributed by atoms with Gasteiger partial charge in [0.15, 0.2) is 0 Å². The van der Waals surface area contributed by atoms with E-state index in [0.29, 0.717) is 12.5 Å². The van der Waals surface area contributed by atoms with Crippen molar-refractivity contribution in [1.82, 2.24) is 9.88 Å². The van der Waals surface area contributed by atoms with Gasteiger partial charge in [-0.05, 0) is 23.6 Å². The minimum atomic E-state index is 0.244. The molecule has 3 heteroatoms. The number of carbonyl (C=O) groups excluding carboxylic acids is 1. The fourth-order valence-corrected chi connectivity index (χ4v) is 2.06. The van der Waals surface area contributed by atoms with Gasteiger partial charge in [-0.1, -0.05) is 6.07 Å². The standard InChI is InChI=1S/C11H10N2O/c14-11-5-10-4-9(7-13(10)11)8-2-1-3-12-6-8/h1-3,6-7,10H,4-5H2/t10-/m1/s1. The van der Waals surface area contributed by atoms with Crippen LogP contribution in [-0.4, -0.2) is 21.8 Å². The minimum absolute atomic E-state index is 0.244. The molecule has 0 aromatic carbocycles. The average Bonchev–Trinajstić information content (AvgIpc) is 2.57. The van der Waals surface area contributed by atoms with Crippen molar-refractivity contribution in [3.63, 3.8) is 0 Å². The molecule has 3 nitrogen and oxygen atoms in total. The molecule has 70 valence electrons. The summed E-state index contributed by atoms with van der Waals surface area (Å²) in [5.41, 5.74) is 2.36. The Hall–Kier alpha value is -1.64. The second-order valence-electron chi connectivity index (χ2n) is 3.76. The monoisotopic (exact) mass is 186 g/mol. The SMILES string of the molecule is O=C1C[C@H]2CC(c3cccnc3)=CN12. The van der Waals surface area contributed by atoms with E-state index in [1.807, 2.05) is 29.4 Å². The van der Waals surface area contributed by atoms with Gasteiger partial charge >= 0.3 is 0 Å². The third kappa shape index (κ3) is 0.985. The lowest BCUT2D eigenvalue weighted by atomic mass is 9.98. The first kappa shape index (κ1) is 7.74. The Bertz CT molecular complexity index is 411. The van der Waals surface area contributed by atoms with Crippen molar-refractivity contribution in [1.29, 1.82) is 0 Å². The third-order valence-electron chi connectivity index (χ3n) is 2.87. The van der Waals surface area contributed by atoms with Crippen LogP contribution in [0.25, 0.3) is 5.57 Å². The lowest BCUT2D eigenvalue weighted by Gasteiger charge is -2.32. The zero-order valence-electron chi connectivity index (χ0n) is 7.68. The second-order valence-corrected chi connectivity index (χ2v) is 3.76. The highest BCUT2D eigenvalue weighted by Gasteiger charge is 2.39. The van der Waals surface area contributed by atoms with Crippen LogP contribution in [0.4, 0.5) is 0 Å². The summed E-state index contributed by atoms with van der Waals surface area (Å²) in [6.45, 7) is 0. The zero-order chi connectivity index (χ0) is 9.54. The number of fused-ring (bicyclic) bond motifs is 1. The largest absolute Gasteiger partial charge is 0.315 e. The number of nitrogens with zero attached hydrogens (tertiary/aromatic N) is 2. The predicted molar refractivity (Wildman–Crippen MR) is 52.1 cm³/mol. The molecule has 3 heterocycles. The Morgan fingerprint density at radius 1 is 1.43 bits per heavy atom. The molecule has 0 saturated carbocycles. The Balaban J connectivity index is 1.92. The van der Waals surface area contributed by atoms with Gasteiger partial charge in [-0.25, -0.2) is 0 Å². The van der Waals surface area contributed by atoms with Crippen LogP contribution >= 0.6 is 0 Å². The summed E-state index contributed by atoms with van der Waals surface area (Å²) in [4.78, 5) is 17.1. The molecule has 0 aliphatic carbocycles. The fourth-order valence-electron chi connectivity index (χ4n) is 2.06. The van der Waals surface area contributed by atoms with Gasteiger partial charge in [-0.2, -0.15) is 0 Å². The number of amides is 1. The number of rotatable bonds is 1. The molecule has 1 amide bonds. The highest BCUT2D eigenvalue weighted by atomic mass is 16.2. The van der Waals surface area contributed by atoms with E-state index in [2.05, 4.69) is 4.98 Å². The summed E-state index contributed by atoms with van der Waals surface area (Å²) in [7, 11) is 0. The Morgan fingerprint density at radius 2 is 2.36 bits per heavy atom. The van der Waals surface area contributed by atoms with Crippen LogP contribution < -0.4 is 0 Å². The quantitative estimate of drug-likeness (QED) is 0.621. The molecule has 14 heavy (non-hydrogen) atoms. The number of hydrogen-bond donors (Lipinski definition) is 0. The van der Waals surface area contributed by atoms with Crippen molar-refractivity contribution >= 4 is 11.5 Å². The maximum Gasteiger partial charge on any atom is 0.228 e. The van der Waals surface area contributed by atoms with Crippen molar-refractivity contribution in [2.24, 2.45) is 0 Å². The molecule has 1 fully saturated rings. The minimum Gasteiger partial charge on any atom is -0.315 e. The third-order valence-corrected chi connectivity index (χ3v) is 2.87. The number of pyridine rings is 1. The van der Waals surface area contributed by atoms with Crippen molar-refractivity contribution in [2.75, 3.05) is 0 Å². The van der Waals surface area contributed by atoms with E-state index in [9.17, 15) is 4.79 Å². The number of carbonyl (C=O) groups is 1. The van der Waals surface area contributed by atoms with Crippen LogP contribution in [0.3, 0.4) is 0 Å². The van der Waals surface area contributed by atoms with E-state index in [1.54, 1.807) is 6.20 Å². The van der Waals surface area contributed by atoms with E-state index < -0.39 is 0 Å². The smallest absolute Gasteiger partial charge is 0.228 e. The van der Waals surface area contributed by atoms with Gasteiger partial charge in [-0.3, -0.25) is 9.78 Å². The van der Waals surface area contributed by atoms with E-state index in [0.717, 1.165) is 12.0 Å². The molecule has 1 aromatic heterocycles. The van der Waals surface area contributed by atoms with Crippen LogP contribution in [0.5, 0.6) is 0 Å². The number of β-lactam (4-membered cyclic amide) rings is 1. The Morgan fingerprint density at radius 3 is 3.00 bits per heavy atom. The molecule has 1 saturated heterocycles. The summed E-state index contributed by atoms with van der Waals surface area (Å²) in [6, 6.07) is 4.39. The molecule has 0 unspecified atom stereocenters. The van der Waals surface area contributed by atoms with E-state index in [1.165, 1.54) is 5.57 Å². The first-order valence-electron chi connectivity index (χ1n) is 4.77. The summed E-state index contributed by atoms with van der Waals surface area (Å²) in [5.74, 6) is 0.244. The Kier molecular flexibility index (Phi) is 1.48. The van der Waals surface area contributed by atoms with Crippen molar-refractivity contribution in [3.8, 4) is 0 Å². The molecule has 0 N–H and O–H groups in total. The van der Waals surface area contributed by atoms with Crippen LogP contribution in [0.2, 0.25) is 0 Å². The van der Waals surface area contributed by atoms with Crippen molar-refractivity contribution in [2.45, 2.75) is 18.9 Å². The highest BCUT2D eigenvalue weighted by molar-refractivity contribution is 5.89. The molecule has 0 radical (unpaired) electrons. The Labute approximate surface area is 82.1 Å². The lowest BCUT2D eigenvalue weighted by Crippen LogP contribution is -2.45. The molecule has 3 rings (SSSR count). The average molecular weight is 186 g/mol. The molecule has 0 spiro atoms. The zero-order valence-corrected chi connectivity index (χ0v) is 7.68. The summed E-state index contributed by atoms with van der Waals surface area (Å²) < 4.78 is 0. The molecule has 1 atom stereocenters. The number of hydrogen-bond acceptors (Lipinski definition) is 2. The fraction of sp³-hybridized carbons (Fsp3) is 0.273. The van der Waals surface area contributed by atoms with Crippen LogP contribution in [0, 0.1) is 0 Å². The van der Waals surface area contributed by atoms with E-state index in [4.69, 9.17) is 0 Å². The van der Waals surface area contributed by atoms with Gasteiger partial charge in [0.1, 0.15) is 0 Å². The molecule has 1 aromatic rings. The van der Waals surface area contributed by atoms with Gasteiger partial charge in [-0.15, -0.1) is 0 Å². The molecule has 2 aliphatic rings. The summed E-state index contributed by atoms with van der Waals surface area (Å²) >= 11 is 0. The highest BCUT2D eigenvalue weighted by Crippen LogP contribution is 2.36.